The van der Waals surface area contributed by atoms with Crippen molar-refractivity contribution in [1.82, 2.24) is 0 Å². The third kappa shape index (κ3) is 2.75. The van der Waals surface area contributed by atoms with Crippen molar-refractivity contribution >= 4 is 11.5 Å². The maximum absolute atomic E-state index is 7.68. The lowest BCUT2D eigenvalue weighted by atomic mass is 10.1. The molecule has 1 aromatic rings. The number of rotatable bonds is 6. The number of anilines is 1. The Bertz CT molecular complexity index is 441. The zero-order chi connectivity index (χ0) is 13.1. The monoisotopic (exact) mass is 247 g/mol. The van der Waals surface area contributed by atoms with Crippen LogP contribution < -0.4 is 15.4 Å². The number of amidine groups is 1. The van der Waals surface area contributed by atoms with Crippen LogP contribution in [0.15, 0.2) is 18.2 Å². The molecule has 0 aromatic heterocycles. The zero-order valence-electron chi connectivity index (χ0n) is 11.1. The molecule has 0 spiro atoms. The summed E-state index contributed by atoms with van der Waals surface area (Å²) in [5.41, 5.74) is 7.46. The molecule has 0 saturated heterocycles. The molecule has 1 fully saturated rings. The Morgan fingerprint density at radius 3 is 2.72 bits per heavy atom. The van der Waals surface area contributed by atoms with Crippen molar-refractivity contribution < 1.29 is 4.74 Å². The summed E-state index contributed by atoms with van der Waals surface area (Å²) in [6, 6.07) is 5.69. The van der Waals surface area contributed by atoms with Crippen LogP contribution in [0.25, 0.3) is 0 Å². The first-order chi connectivity index (χ1) is 8.65. The zero-order valence-corrected chi connectivity index (χ0v) is 11.1. The molecule has 1 aliphatic carbocycles. The van der Waals surface area contributed by atoms with Crippen molar-refractivity contribution in [1.29, 1.82) is 5.41 Å². The predicted molar refractivity (Wildman–Crippen MR) is 74.6 cm³/mol. The van der Waals surface area contributed by atoms with Crippen LogP contribution >= 0.6 is 0 Å². The number of nitrogens with two attached hydrogens (primary N) is 1. The largest absolute Gasteiger partial charge is 0.497 e. The van der Waals surface area contributed by atoms with Crippen molar-refractivity contribution in [3.8, 4) is 5.75 Å². The smallest absolute Gasteiger partial charge is 0.124 e. The molecule has 4 heteroatoms. The van der Waals surface area contributed by atoms with Gasteiger partial charge in [-0.05, 0) is 37.8 Å². The number of benzene rings is 1. The van der Waals surface area contributed by atoms with Gasteiger partial charge in [0.1, 0.15) is 11.6 Å². The Balaban J connectivity index is 2.33. The van der Waals surface area contributed by atoms with Gasteiger partial charge in [0, 0.05) is 24.7 Å². The summed E-state index contributed by atoms with van der Waals surface area (Å²) >= 11 is 0. The molecule has 0 unspecified atom stereocenters. The van der Waals surface area contributed by atoms with Gasteiger partial charge in [0.2, 0.25) is 0 Å². The lowest BCUT2D eigenvalue weighted by Gasteiger charge is -2.26. The van der Waals surface area contributed by atoms with Gasteiger partial charge >= 0.3 is 0 Å². The van der Waals surface area contributed by atoms with E-state index < -0.39 is 0 Å². The molecule has 3 N–H and O–H groups in total. The van der Waals surface area contributed by atoms with Gasteiger partial charge in [0.25, 0.3) is 0 Å². The Hall–Kier alpha value is -1.71. The highest BCUT2D eigenvalue weighted by Gasteiger charge is 2.25. The molecule has 1 saturated carbocycles. The fourth-order valence-corrected chi connectivity index (χ4v) is 2.14. The quantitative estimate of drug-likeness (QED) is 0.598. The Morgan fingerprint density at radius 1 is 1.50 bits per heavy atom. The molecule has 18 heavy (non-hydrogen) atoms. The highest BCUT2D eigenvalue weighted by atomic mass is 16.5. The van der Waals surface area contributed by atoms with Crippen LogP contribution in [-0.2, 0) is 0 Å². The topological polar surface area (TPSA) is 62.3 Å². The second kappa shape index (κ2) is 5.29. The van der Waals surface area contributed by atoms with Gasteiger partial charge in [0.15, 0.2) is 0 Å². The van der Waals surface area contributed by atoms with E-state index in [1.165, 1.54) is 12.8 Å². The summed E-state index contributed by atoms with van der Waals surface area (Å²) in [5.74, 6) is 1.72. The highest BCUT2D eigenvalue weighted by molar-refractivity contribution is 6.00. The van der Waals surface area contributed by atoms with Crippen LogP contribution in [0.4, 0.5) is 5.69 Å². The van der Waals surface area contributed by atoms with E-state index in [2.05, 4.69) is 11.8 Å². The number of methoxy groups -OCH3 is 1. The molecule has 4 nitrogen and oxygen atoms in total. The molecule has 2 rings (SSSR count). The lowest BCUT2D eigenvalue weighted by Crippen LogP contribution is -2.28. The summed E-state index contributed by atoms with van der Waals surface area (Å²) in [5, 5.41) is 7.68. The first-order valence-electron chi connectivity index (χ1n) is 6.43. The molecule has 0 amide bonds. The molecular formula is C14H21N3O. The van der Waals surface area contributed by atoms with Gasteiger partial charge < -0.3 is 15.4 Å². The van der Waals surface area contributed by atoms with E-state index in [0.29, 0.717) is 0 Å². The van der Waals surface area contributed by atoms with Crippen LogP contribution in [0.3, 0.4) is 0 Å². The van der Waals surface area contributed by atoms with Gasteiger partial charge in [-0.2, -0.15) is 0 Å². The minimum absolute atomic E-state index is 0.113. The second-order valence-electron chi connectivity index (χ2n) is 4.78. The number of hydrogen-bond acceptors (Lipinski definition) is 3. The molecule has 0 heterocycles. The summed E-state index contributed by atoms with van der Waals surface area (Å²) in [4.78, 5) is 2.29. The van der Waals surface area contributed by atoms with E-state index >= 15 is 0 Å². The van der Waals surface area contributed by atoms with Crippen LogP contribution in [-0.4, -0.2) is 26.0 Å². The Kier molecular flexibility index (Phi) is 3.75. The fraction of sp³-hybridized carbons (Fsp3) is 0.500. The van der Waals surface area contributed by atoms with Gasteiger partial charge in [-0.1, -0.05) is 0 Å². The van der Waals surface area contributed by atoms with E-state index in [1.807, 2.05) is 18.2 Å². The van der Waals surface area contributed by atoms with Crippen LogP contribution in [0.1, 0.15) is 25.3 Å². The molecule has 0 radical (unpaired) electrons. The van der Waals surface area contributed by atoms with E-state index in [1.54, 1.807) is 7.11 Å². The van der Waals surface area contributed by atoms with Crippen LogP contribution in [0.5, 0.6) is 5.75 Å². The van der Waals surface area contributed by atoms with Crippen molar-refractivity contribution in [3.05, 3.63) is 23.8 Å². The second-order valence-corrected chi connectivity index (χ2v) is 4.78. The Morgan fingerprint density at radius 2 is 2.22 bits per heavy atom. The summed E-state index contributed by atoms with van der Waals surface area (Å²) < 4.78 is 5.27. The first kappa shape index (κ1) is 12.7. The normalized spacial score (nSPS) is 14.3. The number of hydrogen-bond donors (Lipinski definition) is 2. The molecule has 0 bridgehead atoms. The van der Waals surface area contributed by atoms with Crippen molar-refractivity contribution in [3.63, 3.8) is 0 Å². The van der Waals surface area contributed by atoms with Gasteiger partial charge in [0.05, 0.1) is 12.8 Å². The van der Waals surface area contributed by atoms with E-state index in [0.717, 1.165) is 36.0 Å². The molecule has 0 atom stereocenters. The minimum atomic E-state index is 0.113. The highest BCUT2D eigenvalue weighted by Crippen LogP contribution is 2.33. The van der Waals surface area contributed by atoms with Gasteiger partial charge in [-0.3, -0.25) is 5.41 Å². The summed E-state index contributed by atoms with van der Waals surface area (Å²) in [6.07, 6.45) is 2.63. The maximum atomic E-state index is 7.68. The minimum Gasteiger partial charge on any atom is -0.497 e. The molecule has 1 aliphatic rings. The van der Waals surface area contributed by atoms with Gasteiger partial charge in [-0.25, -0.2) is 0 Å². The average molecular weight is 247 g/mol. The van der Waals surface area contributed by atoms with Gasteiger partial charge in [-0.15, -0.1) is 0 Å². The molecule has 98 valence electrons. The molecule has 0 aliphatic heterocycles. The number of ether oxygens (including phenoxy) is 1. The lowest BCUT2D eigenvalue weighted by molar-refractivity contribution is 0.414. The number of nitrogen functional groups attached to an aromatic ring is 1. The fourth-order valence-electron chi connectivity index (χ4n) is 2.14. The molecular weight excluding hydrogens is 226 g/mol. The SMILES string of the molecule is CCN(CC1CC1)c1cc(OC)ccc1C(=N)N. The summed E-state index contributed by atoms with van der Waals surface area (Å²) in [7, 11) is 1.66. The van der Waals surface area contributed by atoms with E-state index in [-0.39, 0.29) is 5.84 Å². The van der Waals surface area contributed by atoms with Crippen molar-refractivity contribution in [2.75, 3.05) is 25.1 Å². The maximum Gasteiger partial charge on any atom is 0.124 e. The number of nitrogens with zero attached hydrogens (tertiary/aromatic N) is 1. The average Bonchev–Trinajstić information content (AvgIpc) is 3.19. The third-order valence-corrected chi connectivity index (χ3v) is 3.39. The van der Waals surface area contributed by atoms with E-state index in [9.17, 15) is 0 Å². The van der Waals surface area contributed by atoms with Crippen LogP contribution in [0, 0.1) is 11.3 Å². The van der Waals surface area contributed by atoms with Crippen molar-refractivity contribution in [2.24, 2.45) is 11.7 Å². The first-order valence-corrected chi connectivity index (χ1v) is 6.43. The summed E-state index contributed by atoms with van der Waals surface area (Å²) in [6.45, 7) is 4.10. The number of nitrogens with one attached hydrogen (secondary N) is 1. The van der Waals surface area contributed by atoms with Crippen molar-refractivity contribution in [2.45, 2.75) is 19.8 Å². The predicted octanol–water partition coefficient (Wildman–Crippen LogP) is 2.22. The third-order valence-electron chi connectivity index (χ3n) is 3.39. The van der Waals surface area contributed by atoms with Crippen LogP contribution in [0.2, 0.25) is 0 Å². The molecule has 1 aromatic carbocycles. The standard InChI is InChI=1S/C14H21N3O/c1-3-17(9-10-4-5-10)13-8-11(18-2)6-7-12(13)14(15)16/h6-8,10H,3-5,9H2,1-2H3,(H3,15,16). The van der Waals surface area contributed by atoms with E-state index in [4.69, 9.17) is 15.9 Å². The Labute approximate surface area is 108 Å².